The van der Waals surface area contributed by atoms with Crippen LogP contribution in [0.3, 0.4) is 0 Å². The van der Waals surface area contributed by atoms with Crippen molar-refractivity contribution in [2.24, 2.45) is 5.92 Å². The smallest absolute Gasteiger partial charge is 0.323 e. The zero-order chi connectivity index (χ0) is 23.3. The van der Waals surface area contributed by atoms with Gasteiger partial charge in [0.2, 0.25) is 0 Å². The summed E-state index contributed by atoms with van der Waals surface area (Å²) in [4.78, 5) is 12.8. The van der Waals surface area contributed by atoms with Crippen molar-refractivity contribution in [1.29, 1.82) is 0 Å². The fourth-order valence-corrected chi connectivity index (χ4v) is 3.49. The van der Waals surface area contributed by atoms with E-state index in [0.29, 0.717) is 34.7 Å². The Morgan fingerprint density at radius 3 is 2.25 bits per heavy atom. The first-order valence-electron chi connectivity index (χ1n) is 10.8. The number of nitrogens with one attached hydrogen (secondary N) is 3. The molecule has 7 nitrogen and oxygen atoms in total. The molecule has 0 aliphatic carbocycles. The van der Waals surface area contributed by atoms with E-state index >= 15 is 0 Å². The lowest BCUT2D eigenvalue weighted by atomic mass is 10.0. The van der Waals surface area contributed by atoms with Crippen molar-refractivity contribution in [3.05, 3.63) is 53.7 Å². The van der Waals surface area contributed by atoms with E-state index in [0.717, 1.165) is 23.4 Å². The minimum atomic E-state index is -0.324. The van der Waals surface area contributed by atoms with Crippen molar-refractivity contribution >= 4 is 17.4 Å². The molecule has 7 heteroatoms. The summed E-state index contributed by atoms with van der Waals surface area (Å²) >= 11 is 0. The van der Waals surface area contributed by atoms with Crippen LogP contribution in [0.2, 0.25) is 0 Å². The van der Waals surface area contributed by atoms with Gasteiger partial charge in [-0.25, -0.2) is 4.79 Å². The van der Waals surface area contributed by atoms with Gasteiger partial charge in [0.05, 0.1) is 25.6 Å². The van der Waals surface area contributed by atoms with Crippen molar-refractivity contribution in [2.75, 3.05) is 24.9 Å². The maximum absolute atomic E-state index is 12.8. The third-order valence-corrected chi connectivity index (χ3v) is 5.18. The summed E-state index contributed by atoms with van der Waals surface area (Å²) in [6.07, 6.45) is 0.749. The first-order valence-corrected chi connectivity index (χ1v) is 10.8. The number of carbonyl (C=O) groups is 1. The maximum Gasteiger partial charge on any atom is 0.323 e. The summed E-state index contributed by atoms with van der Waals surface area (Å²) in [5.74, 6) is 2.05. The summed E-state index contributed by atoms with van der Waals surface area (Å²) in [5.41, 5.74) is 4.93. The molecule has 0 atom stereocenters. The fraction of sp³-hybridized carbons (Fsp3) is 0.360. The minimum Gasteiger partial charge on any atom is -0.493 e. The number of hydrogen-bond acceptors (Lipinski definition) is 4. The summed E-state index contributed by atoms with van der Waals surface area (Å²) in [6, 6.07) is 13.1. The molecule has 3 rings (SSSR count). The lowest BCUT2D eigenvalue weighted by molar-refractivity contribution is 0.262. The average molecular weight is 437 g/mol. The molecule has 0 aliphatic heterocycles. The third kappa shape index (κ3) is 5.41. The molecule has 0 fully saturated rings. The predicted octanol–water partition coefficient (Wildman–Crippen LogP) is 6.06. The van der Waals surface area contributed by atoms with Crippen LogP contribution >= 0.6 is 0 Å². The molecule has 0 spiro atoms. The summed E-state index contributed by atoms with van der Waals surface area (Å²) in [5, 5.41) is 13.5. The Labute approximate surface area is 189 Å². The first-order chi connectivity index (χ1) is 15.3. The third-order valence-electron chi connectivity index (χ3n) is 5.18. The predicted molar refractivity (Wildman–Crippen MR) is 129 cm³/mol. The van der Waals surface area contributed by atoms with E-state index in [1.54, 1.807) is 14.2 Å². The van der Waals surface area contributed by atoms with E-state index in [1.807, 2.05) is 42.5 Å². The molecule has 170 valence electrons. The van der Waals surface area contributed by atoms with E-state index in [2.05, 4.69) is 48.5 Å². The number of ether oxygens (including phenoxy) is 2. The molecular formula is C25H32N4O3. The van der Waals surface area contributed by atoms with Crippen LogP contribution in [0.25, 0.3) is 11.3 Å². The highest BCUT2D eigenvalue weighted by atomic mass is 16.5. The standard InChI is InChI=1S/C25H32N4O3/c1-15(2)13-20-24(27-25(30)26-19-10-7-17(8-11-19)16(3)4)23(29-28-20)18-9-12-21(31-5)22(14-18)32-6/h7-12,14-16H,13H2,1-6H3,(H,28,29)(H2,26,27,30). The van der Waals surface area contributed by atoms with Crippen LogP contribution in [0.15, 0.2) is 42.5 Å². The second-order valence-corrected chi connectivity index (χ2v) is 8.45. The van der Waals surface area contributed by atoms with Gasteiger partial charge >= 0.3 is 6.03 Å². The Balaban J connectivity index is 1.88. The number of H-pyrrole nitrogens is 1. The number of nitrogens with zero attached hydrogens (tertiary/aromatic N) is 1. The molecule has 3 N–H and O–H groups in total. The quantitative estimate of drug-likeness (QED) is 0.400. The Hall–Kier alpha value is -3.48. The van der Waals surface area contributed by atoms with Crippen molar-refractivity contribution in [1.82, 2.24) is 10.2 Å². The molecule has 1 heterocycles. The van der Waals surface area contributed by atoms with Crippen LogP contribution in [0.4, 0.5) is 16.2 Å². The van der Waals surface area contributed by atoms with E-state index in [1.165, 1.54) is 5.56 Å². The molecule has 0 saturated carbocycles. The van der Waals surface area contributed by atoms with E-state index in [9.17, 15) is 4.79 Å². The van der Waals surface area contributed by atoms with Gasteiger partial charge in [0.25, 0.3) is 0 Å². The molecular weight excluding hydrogens is 404 g/mol. The molecule has 2 amide bonds. The van der Waals surface area contributed by atoms with Crippen molar-refractivity contribution in [3.8, 4) is 22.8 Å². The number of carbonyl (C=O) groups excluding carboxylic acids is 1. The fourth-order valence-electron chi connectivity index (χ4n) is 3.49. The van der Waals surface area contributed by atoms with Crippen molar-refractivity contribution in [2.45, 2.75) is 40.0 Å². The van der Waals surface area contributed by atoms with Crippen LogP contribution in [-0.2, 0) is 6.42 Å². The topological polar surface area (TPSA) is 88.3 Å². The summed E-state index contributed by atoms with van der Waals surface area (Å²) in [7, 11) is 3.19. The van der Waals surface area contributed by atoms with Gasteiger partial charge in [-0.1, -0.05) is 39.8 Å². The van der Waals surface area contributed by atoms with Gasteiger partial charge in [-0.2, -0.15) is 5.10 Å². The lowest BCUT2D eigenvalue weighted by Crippen LogP contribution is -2.20. The van der Waals surface area contributed by atoms with Crippen LogP contribution < -0.4 is 20.1 Å². The van der Waals surface area contributed by atoms with Crippen LogP contribution in [-0.4, -0.2) is 30.4 Å². The number of methoxy groups -OCH3 is 2. The van der Waals surface area contributed by atoms with Gasteiger partial charge in [-0.3, -0.25) is 5.10 Å². The van der Waals surface area contributed by atoms with Gasteiger partial charge in [-0.15, -0.1) is 0 Å². The number of anilines is 2. The normalized spacial score (nSPS) is 11.0. The van der Waals surface area contributed by atoms with Crippen molar-refractivity contribution in [3.63, 3.8) is 0 Å². The monoisotopic (exact) mass is 436 g/mol. The zero-order valence-electron chi connectivity index (χ0n) is 19.6. The number of aromatic amines is 1. The molecule has 2 aromatic carbocycles. The number of benzene rings is 2. The number of hydrogen-bond donors (Lipinski definition) is 3. The number of aromatic nitrogens is 2. The van der Waals surface area contributed by atoms with Gasteiger partial charge in [0.1, 0.15) is 5.69 Å². The van der Waals surface area contributed by atoms with Crippen LogP contribution in [0.5, 0.6) is 11.5 Å². The summed E-state index contributed by atoms with van der Waals surface area (Å²) in [6.45, 7) is 8.52. The highest BCUT2D eigenvalue weighted by Crippen LogP contribution is 2.36. The van der Waals surface area contributed by atoms with E-state index < -0.39 is 0 Å². The van der Waals surface area contributed by atoms with E-state index in [-0.39, 0.29) is 6.03 Å². The van der Waals surface area contributed by atoms with Gasteiger partial charge in [0.15, 0.2) is 11.5 Å². The maximum atomic E-state index is 12.8. The second kappa shape index (κ2) is 10.2. The number of amides is 2. The SMILES string of the molecule is COc1ccc(-c2n[nH]c(CC(C)C)c2NC(=O)Nc2ccc(C(C)C)cc2)cc1OC. The van der Waals surface area contributed by atoms with Crippen LogP contribution in [0, 0.1) is 5.92 Å². The second-order valence-electron chi connectivity index (χ2n) is 8.45. The molecule has 0 bridgehead atoms. The first kappa shape index (κ1) is 23.2. The Morgan fingerprint density at radius 1 is 0.969 bits per heavy atom. The zero-order valence-corrected chi connectivity index (χ0v) is 19.6. The molecule has 3 aromatic rings. The molecule has 32 heavy (non-hydrogen) atoms. The van der Waals surface area contributed by atoms with E-state index in [4.69, 9.17) is 9.47 Å². The van der Waals surface area contributed by atoms with Gasteiger partial charge in [-0.05, 0) is 54.2 Å². The lowest BCUT2D eigenvalue weighted by Gasteiger charge is -2.13. The Bertz CT molecular complexity index is 1060. The molecule has 0 unspecified atom stereocenters. The highest BCUT2D eigenvalue weighted by molar-refractivity contribution is 6.02. The van der Waals surface area contributed by atoms with Gasteiger partial charge < -0.3 is 20.1 Å². The number of urea groups is 1. The summed E-state index contributed by atoms with van der Waals surface area (Å²) < 4.78 is 10.8. The largest absolute Gasteiger partial charge is 0.493 e. The van der Waals surface area contributed by atoms with Crippen LogP contribution in [0.1, 0.15) is 44.9 Å². The Kier molecular flexibility index (Phi) is 7.41. The molecule has 0 radical (unpaired) electrons. The van der Waals surface area contributed by atoms with Gasteiger partial charge in [0, 0.05) is 11.3 Å². The molecule has 1 aromatic heterocycles. The Morgan fingerprint density at radius 2 is 1.66 bits per heavy atom. The molecule has 0 aliphatic rings. The minimum absolute atomic E-state index is 0.324. The number of rotatable bonds is 8. The highest BCUT2D eigenvalue weighted by Gasteiger charge is 2.19. The van der Waals surface area contributed by atoms with Crippen molar-refractivity contribution < 1.29 is 14.3 Å². The average Bonchev–Trinajstić information content (AvgIpc) is 3.14. The molecule has 0 saturated heterocycles.